The van der Waals surface area contributed by atoms with Gasteiger partial charge in [0.15, 0.2) is 0 Å². The predicted octanol–water partition coefficient (Wildman–Crippen LogP) is 0.835. The molecule has 4 rings (SSSR count). The second kappa shape index (κ2) is 7.62. The first kappa shape index (κ1) is 19.3. The van der Waals surface area contributed by atoms with Crippen molar-refractivity contribution >= 4 is 12.4 Å². The predicted molar refractivity (Wildman–Crippen MR) is 95.9 cm³/mol. The van der Waals surface area contributed by atoms with Crippen LogP contribution in [0.1, 0.15) is 28.9 Å². The molecule has 1 amide bonds. The maximum absolute atomic E-state index is 12.8. The molecule has 4 heterocycles. The van der Waals surface area contributed by atoms with Gasteiger partial charge in [-0.15, -0.1) is 0 Å². The van der Waals surface area contributed by atoms with E-state index in [-0.39, 0.29) is 18.0 Å². The minimum absolute atomic E-state index is 0.00795. The number of carbonyl (C=O) groups excluding carboxylic acids is 1. The molecule has 27 heavy (non-hydrogen) atoms. The van der Waals surface area contributed by atoms with Crippen LogP contribution in [0.5, 0.6) is 0 Å². The van der Waals surface area contributed by atoms with Crippen LogP contribution in [0.25, 0.3) is 0 Å². The zero-order chi connectivity index (χ0) is 19.6. The molecule has 1 aromatic rings. The Morgan fingerprint density at radius 3 is 2.89 bits per heavy atom. The normalized spacial score (nSPS) is 30.4. The first-order valence-electron chi connectivity index (χ1n) is 9.00. The van der Waals surface area contributed by atoms with Gasteiger partial charge >= 0.3 is 0 Å². The Kier molecular flexibility index (Phi) is 5.44. The number of likely N-dealkylation sites (tertiary alicyclic amines) is 1. The van der Waals surface area contributed by atoms with Gasteiger partial charge in [-0.3, -0.25) is 9.59 Å². The van der Waals surface area contributed by atoms with Crippen molar-refractivity contribution in [1.29, 1.82) is 5.26 Å². The number of amides is 1. The van der Waals surface area contributed by atoms with E-state index in [1.54, 1.807) is 12.1 Å². The molecule has 0 saturated carbocycles. The summed E-state index contributed by atoms with van der Waals surface area (Å²) < 4.78 is 6.37. The van der Waals surface area contributed by atoms with Crippen LogP contribution in [0.3, 0.4) is 0 Å². The van der Waals surface area contributed by atoms with E-state index in [0.29, 0.717) is 35.7 Å². The molecule has 144 valence electrons. The molecular weight excluding hydrogens is 348 g/mol. The highest BCUT2D eigenvalue weighted by molar-refractivity contribution is 5.94. The number of carboxylic acid groups (broad SMARTS) is 1. The smallest absolute Gasteiger partial charge is 0.290 e. The fraction of sp³-hybridized carbons (Fsp3) is 0.579. The van der Waals surface area contributed by atoms with Crippen molar-refractivity contribution in [3.8, 4) is 6.07 Å². The Morgan fingerprint density at radius 2 is 2.30 bits per heavy atom. The lowest BCUT2D eigenvalue weighted by Gasteiger charge is -2.30. The first-order chi connectivity index (χ1) is 12.9. The van der Waals surface area contributed by atoms with E-state index in [4.69, 9.17) is 19.9 Å². The second-order valence-corrected chi connectivity index (χ2v) is 7.63. The molecule has 0 aromatic carbocycles. The topological polar surface area (TPSA) is 107 Å². The lowest BCUT2D eigenvalue weighted by molar-refractivity contribution is -0.122. The average Bonchev–Trinajstić information content (AvgIpc) is 3.31. The van der Waals surface area contributed by atoms with Crippen LogP contribution in [0.4, 0.5) is 0 Å². The molecule has 3 aliphatic heterocycles. The average molecular weight is 372 g/mol. The molecule has 0 radical (unpaired) electrons. The van der Waals surface area contributed by atoms with Gasteiger partial charge in [-0.2, -0.15) is 5.26 Å². The lowest BCUT2D eigenvalue weighted by atomic mass is 9.73. The first-order valence-corrected chi connectivity index (χ1v) is 9.00. The van der Waals surface area contributed by atoms with E-state index >= 15 is 0 Å². The van der Waals surface area contributed by atoms with Gasteiger partial charge in [-0.25, -0.2) is 4.98 Å². The number of nitriles is 1. The molecule has 1 spiro atoms. The van der Waals surface area contributed by atoms with Crippen molar-refractivity contribution in [2.75, 3.05) is 33.7 Å². The Hall–Kier alpha value is -2.50. The number of rotatable bonds is 3. The fourth-order valence-corrected chi connectivity index (χ4v) is 4.78. The molecule has 0 unspecified atom stereocenters. The van der Waals surface area contributed by atoms with Gasteiger partial charge in [0, 0.05) is 31.1 Å². The van der Waals surface area contributed by atoms with Crippen LogP contribution < -0.4 is 0 Å². The number of hydrogen-bond acceptors (Lipinski definition) is 6. The SMILES string of the molecule is CN(C)C[C@H]1[C@@H]2CC[C@@]3(CN(C(=O)c4ccc(C#N)nc4)C[C@@H]13)O2.O=CO. The number of nitrogens with zero attached hydrogens (tertiary/aromatic N) is 4. The van der Waals surface area contributed by atoms with Gasteiger partial charge in [-0.05, 0) is 39.1 Å². The van der Waals surface area contributed by atoms with Crippen LogP contribution in [-0.2, 0) is 9.53 Å². The number of carbonyl (C=O) groups is 2. The number of hydrogen-bond donors (Lipinski definition) is 1. The molecule has 8 heteroatoms. The molecule has 8 nitrogen and oxygen atoms in total. The highest BCUT2D eigenvalue weighted by Crippen LogP contribution is 2.55. The maximum atomic E-state index is 12.8. The van der Waals surface area contributed by atoms with Crippen molar-refractivity contribution in [2.45, 2.75) is 24.5 Å². The van der Waals surface area contributed by atoms with Gasteiger partial charge in [0.05, 0.1) is 23.8 Å². The van der Waals surface area contributed by atoms with E-state index in [0.717, 1.165) is 25.9 Å². The lowest BCUT2D eigenvalue weighted by Crippen LogP contribution is -2.40. The number of ether oxygens (including phenoxy) is 1. The molecule has 1 aromatic heterocycles. The Labute approximate surface area is 158 Å². The number of fused-ring (bicyclic) bond motifs is 1. The van der Waals surface area contributed by atoms with E-state index in [1.165, 1.54) is 6.20 Å². The molecule has 2 bridgehead atoms. The van der Waals surface area contributed by atoms with Gasteiger partial charge in [0.25, 0.3) is 12.4 Å². The Bertz CT molecular complexity index is 745. The summed E-state index contributed by atoms with van der Waals surface area (Å²) in [5.74, 6) is 0.922. The summed E-state index contributed by atoms with van der Waals surface area (Å²) in [6.45, 7) is 2.20. The molecule has 0 aliphatic carbocycles. The van der Waals surface area contributed by atoms with Gasteiger partial charge in [-0.1, -0.05) is 0 Å². The van der Waals surface area contributed by atoms with Crippen molar-refractivity contribution < 1.29 is 19.4 Å². The molecule has 3 aliphatic rings. The van der Waals surface area contributed by atoms with E-state index in [1.807, 2.05) is 11.0 Å². The minimum Gasteiger partial charge on any atom is -0.483 e. The summed E-state index contributed by atoms with van der Waals surface area (Å²) in [6, 6.07) is 5.27. The molecule has 3 fully saturated rings. The molecule has 3 saturated heterocycles. The zero-order valence-electron chi connectivity index (χ0n) is 15.5. The third kappa shape index (κ3) is 3.53. The van der Waals surface area contributed by atoms with Crippen LogP contribution in [0.2, 0.25) is 0 Å². The van der Waals surface area contributed by atoms with E-state index < -0.39 is 0 Å². The minimum atomic E-state index is -0.250. The van der Waals surface area contributed by atoms with Crippen LogP contribution >= 0.6 is 0 Å². The molecular formula is C19H24N4O4. The summed E-state index contributed by atoms with van der Waals surface area (Å²) in [7, 11) is 4.19. The quantitative estimate of drug-likeness (QED) is 0.783. The van der Waals surface area contributed by atoms with Crippen LogP contribution in [0.15, 0.2) is 18.3 Å². The summed E-state index contributed by atoms with van der Waals surface area (Å²) in [5.41, 5.74) is 0.738. The maximum Gasteiger partial charge on any atom is 0.290 e. The van der Waals surface area contributed by atoms with Crippen molar-refractivity contribution in [2.24, 2.45) is 11.8 Å². The monoisotopic (exact) mass is 372 g/mol. The van der Waals surface area contributed by atoms with Crippen molar-refractivity contribution in [1.82, 2.24) is 14.8 Å². The fourth-order valence-electron chi connectivity index (χ4n) is 4.78. The highest BCUT2D eigenvalue weighted by Gasteiger charge is 2.63. The Morgan fingerprint density at radius 1 is 1.56 bits per heavy atom. The summed E-state index contributed by atoms with van der Waals surface area (Å²) in [5, 5.41) is 15.7. The van der Waals surface area contributed by atoms with Gasteiger partial charge in [0.1, 0.15) is 11.8 Å². The van der Waals surface area contributed by atoms with Crippen LogP contribution in [0, 0.1) is 23.2 Å². The summed E-state index contributed by atoms with van der Waals surface area (Å²) in [4.78, 5) is 29.3. The Balaban J connectivity index is 0.000000659. The molecule has 1 N–H and O–H groups in total. The number of pyridine rings is 1. The van der Waals surface area contributed by atoms with Crippen molar-refractivity contribution in [3.63, 3.8) is 0 Å². The highest BCUT2D eigenvalue weighted by atomic mass is 16.5. The van der Waals surface area contributed by atoms with E-state index in [2.05, 4.69) is 24.0 Å². The second-order valence-electron chi connectivity index (χ2n) is 7.63. The zero-order valence-corrected chi connectivity index (χ0v) is 15.5. The molecule has 4 atom stereocenters. The van der Waals surface area contributed by atoms with Crippen LogP contribution in [-0.4, -0.2) is 77.7 Å². The van der Waals surface area contributed by atoms with Gasteiger partial charge in [0.2, 0.25) is 0 Å². The summed E-state index contributed by atoms with van der Waals surface area (Å²) in [6.07, 6.45) is 4.02. The standard InChI is InChI=1S/C18H22N4O2.CH2O2/c1-21(2)9-14-15-10-22(11-18(15)6-5-16(14)24-18)17(23)12-3-4-13(7-19)20-8-12;2-1-3/h3-4,8,14-16H,5-6,9-11H2,1-2H3;1H,(H,2,3)/t14-,15+,16+,18+;/m1./s1. The third-order valence-corrected chi connectivity index (χ3v) is 5.77. The number of aromatic nitrogens is 1. The summed E-state index contributed by atoms with van der Waals surface area (Å²) >= 11 is 0. The van der Waals surface area contributed by atoms with Gasteiger partial charge < -0.3 is 19.6 Å². The third-order valence-electron chi connectivity index (χ3n) is 5.77. The van der Waals surface area contributed by atoms with E-state index in [9.17, 15) is 4.79 Å². The van der Waals surface area contributed by atoms with Crippen molar-refractivity contribution in [3.05, 3.63) is 29.6 Å². The largest absolute Gasteiger partial charge is 0.483 e.